The quantitative estimate of drug-likeness (QED) is 0.804. The smallest absolute Gasteiger partial charge is 0.231 e. The van der Waals surface area contributed by atoms with E-state index in [1.54, 1.807) is 0 Å². The van der Waals surface area contributed by atoms with Crippen LogP contribution in [0.1, 0.15) is 35.4 Å². The predicted molar refractivity (Wildman–Crippen MR) is 101 cm³/mol. The SMILES string of the molecule is CC[C@H]1c2ccsc2CCN1C[C@H](O)COCc1ccc2c(c1)OCO2. The maximum Gasteiger partial charge on any atom is 0.231 e. The van der Waals surface area contributed by atoms with Gasteiger partial charge in [0.2, 0.25) is 6.79 Å². The van der Waals surface area contributed by atoms with Gasteiger partial charge in [-0.3, -0.25) is 4.90 Å². The molecule has 140 valence electrons. The van der Waals surface area contributed by atoms with Gasteiger partial charge in [-0.25, -0.2) is 0 Å². The number of ether oxygens (including phenoxy) is 3. The van der Waals surface area contributed by atoms with Crippen LogP contribution in [0.15, 0.2) is 29.6 Å². The minimum absolute atomic E-state index is 0.276. The summed E-state index contributed by atoms with van der Waals surface area (Å²) in [4.78, 5) is 3.89. The van der Waals surface area contributed by atoms with Gasteiger partial charge >= 0.3 is 0 Å². The van der Waals surface area contributed by atoms with Crippen LogP contribution in [0.5, 0.6) is 11.5 Å². The van der Waals surface area contributed by atoms with Crippen molar-refractivity contribution >= 4 is 11.3 Å². The predicted octanol–water partition coefficient (Wildman–Crippen LogP) is 3.36. The molecule has 2 aromatic rings. The molecule has 0 bridgehead atoms. The first-order valence-corrected chi connectivity index (χ1v) is 10.1. The summed E-state index contributed by atoms with van der Waals surface area (Å²) in [5.74, 6) is 1.54. The molecule has 0 radical (unpaired) electrons. The lowest BCUT2D eigenvalue weighted by molar-refractivity contribution is 0.000265. The van der Waals surface area contributed by atoms with Crippen LogP contribution in [0.4, 0.5) is 0 Å². The summed E-state index contributed by atoms with van der Waals surface area (Å²) in [5, 5.41) is 12.6. The first-order chi connectivity index (χ1) is 12.7. The van der Waals surface area contributed by atoms with Crippen molar-refractivity contribution < 1.29 is 19.3 Å². The number of thiophene rings is 1. The van der Waals surface area contributed by atoms with Crippen molar-refractivity contribution in [3.63, 3.8) is 0 Å². The van der Waals surface area contributed by atoms with Gasteiger partial charge in [-0.05, 0) is 47.5 Å². The number of β-amino-alcohol motifs (C(OH)–C–C–N with tert-alkyl or cyclic N) is 1. The standard InChI is InChI=1S/C20H25NO4S/c1-2-17-16-6-8-26-20(16)5-7-21(17)10-15(22)12-23-11-14-3-4-18-19(9-14)25-13-24-18/h3-4,6,8-9,15,17,22H,2,5,7,10-13H2,1H3/t15-,17-/m0/s1. The molecule has 0 saturated carbocycles. The minimum Gasteiger partial charge on any atom is -0.454 e. The molecule has 0 fully saturated rings. The molecule has 5 nitrogen and oxygen atoms in total. The molecule has 2 aliphatic rings. The van der Waals surface area contributed by atoms with Crippen molar-refractivity contribution in [2.75, 3.05) is 26.5 Å². The van der Waals surface area contributed by atoms with Crippen molar-refractivity contribution in [2.24, 2.45) is 0 Å². The molecule has 0 saturated heterocycles. The highest BCUT2D eigenvalue weighted by atomic mass is 32.1. The fraction of sp³-hybridized carbons (Fsp3) is 0.500. The highest BCUT2D eigenvalue weighted by molar-refractivity contribution is 7.10. The van der Waals surface area contributed by atoms with Crippen LogP contribution < -0.4 is 9.47 Å². The molecule has 0 amide bonds. The van der Waals surface area contributed by atoms with E-state index in [-0.39, 0.29) is 6.79 Å². The van der Waals surface area contributed by atoms with E-state index in [1.165, 1.54) is 10.4 Å². The molecule has 1 aromatic heterocycles. The summed E-state index contributed by atoms with van der Waals surface area (Å²) in [6.07, 6.45) is 1.65. The second kappa shape index (κ2) is 7.96. The summed E-state index contributed by atoms with van der Waals surface area (Å²) in [7, 11) is 0. The van der Waals surface area contributed by atoms with E-state index in [0.717, 1.165) is 36.4 Å². The van der Waals surface area contributed by atoms with Gasteiger partial charge in [-0.15, -0.1) is 11.3 Å². The summed E-state index contributed by atoms with van der Waals surface area (Å²) >= 11 is 1.85. The highest BCUT2D eigenvalue weighted by Crippen LogP contribution is 2.35. The van der Waals surface area contributed by atoms with E-state index in [0.29, 0.717) is 25.8 Å². The maximum atomic E-state index is 10.4. The maximum absolute atomic E-state index is 10.4. The van der Waals surface area contributed by atoms with Crippen molar-refractivity contribution in [1.82, 2.24) is 4.90 Å². The summed E-state index contributed by atoms with van der Waals surface area (Å²) in [5.41, 5.74) is 2.46. The van der Waals surface area contributed by atoms with Gasteiger partial charge in [0.25, 0.3) is 0 Å². The lowest BCUT2D eigenvalue weighted by Gasteiger charge is -2.36. The minimum atomic E-state index is -0.488. The molecule has 3 heterocycles. The first-order valence-electron chi connectivity index (χ1n) is 9.19. The molecular formula is C20H25NO4S. The number of aliphatic hydroxyl groups is 1. The number of aliphatic hydroxyl groups excluding tert-OH is 1. The van der Waals surface area contributed by atoms with Gasteiger partial charge < -0.3 is 19.3 Å². The molecule has 6 heteroatoms. The Morgan fingerprint density at radius 1 is 1.31 bits per heavy atom. The Morgan fingerprint density at radius 3 is 3.08 bits per heavy atom. The molecule has 26 heavy (non-hydrogen) atoms. The Morgan fingerprint density at radius 2 is 2.19 bits per heavy atom. The topological polar surface area (TPSA) is 51.2 Å². The zero-order chi connectivity index (χ0) is 17.9. The second-order valence-electron chi connectivity index (χ2n) is 6.82. The van der Waals surface area contributed by atoms with E-state index in [9.17, 15) is 5.11 Å². The second-order valence-corrected chi connectivity index (χ2v) is 7.83. The fourth-order valence-electron chi connectivity index (χ4n) is 3.81. The average Bonchev–Trinajstić information content (AvgIpc) is 3.30. The van der Waals surface area contributed by atoms with Crippen LogP contribution in [-0.4, -0.2) is 42.6 Å². The Kier molecular flexibility index (Phi) is 5.45. The third-order valence-electron chi connectivity index (χ3n) is 5.05. The number of benzene rings is 1. The first kappa shape index (κ1) is 17.8. The van der Waals surface area contributed by atoms with E-state index in [1.807, 2.05) is 29.5 Å². The van der Waals surface area contributed by atoms with Crippen molar-refractivity contribution in [3.05, 3.63) is 45.6 Å². The molecule has 1 N–H and O–H groups in total. The van der Waals surface area contributed by atoms with Crippen LogP contribution >= 0.6 is 11.3 Å². The van der Waals surface area contributed by atoms with E-state index in [4.69, 9.17) is 14.2 Å². The Bertz CT molecular complexity index is 747. The van der Waals surface area contributed by atoms with Crippen molar-refractivity contribution in [3.8, 4) is 11.5 Å². The number of hydrogen-bond donors (Lipinski definition) is 1. The van der Waals surface area contributed by atoms with Gasteiger partial charge in [0.15, 0.2) is 11.5 Å². The fourth-order valence-corrected chi connectivity index (χ4v) is 4.74. The van der Waals surface area contributed by atoms with Crippen LogP contribution in [0.2, 0.25) is 0 Å². The Labute approximate surface area is 158 Å². The Hall–Kier alpha value is -1.60. The van der Waals surface area contributed by atoms with Gasteiger partial charge in [-0.1, -0.05) is 13.0 Å². The van der Waals surface area contributed by atoms with Crippen LogP contribution in [0, 0.1) is 0 Å². The average molecular weight is 375 g/mol. The van der Waals surface area contributed by atoms with E-state index in [2.05, 4.69) is 23.3 Å². The molecule has 2 atom stereocenters. The lowest BCUT2D eigenvalue weighted by Crippen LogP contribution is -2.41. The van der Waals surface area contributed by atoms with Crippen molar-refractivity contribution in [1.29, 1.82) is 0 Å². The summed E-state index contributed by atoms with van der Waals surface area (Å²) < 4.78 is 16.4. The number of rotatable bonds is 7. The largest absolute Gasteiger partial charge is 0.454 e. The zero-order valence-corrected chi connectivity index (χ0v) is 15.8. The third-order valence-corrected chi connectivity index (χ3v) is 6.05. The van der Waals surface area contributed by atoms with Crippen LogP contribution in [0.25, 0.3) is 0 Å². The van der Waals surface area contributed by atoms with E-state index < -0.39 is 6.10 Å². The Balaban J connectivity index is 1.27. The summed E-state index contributed by atoms with van der Waals surface area (Å²) in [6, 6.07) is 8.45. The molecule has 4 rings (SSSR count). The van der Waals surface area contributed by atoms with Crippen LogP contribution in [-0.2, 0) is 17.8 Å². The number of fused-ring (bicyclic) bond motifs is 2. The summed E-state index contributed by atoms with van der Waals surface area (Å²) in [6.45, 7) is 4.93. The third kappa shape index (κ3) is 3.74. The van der Waals surface area contributed by atoms with Crippen LogP contribution in [0.3, 0.4) is 0 Å². The number of nitrogens with zero attached hydrogens (tertiary/aromatic N) is 1. The van der Waals surface area contributed by atoms with Gasteiger partial charge in [0.1, 0.15) is 0 Å². The monoisotopic (exact) mass is 375 g/mol. The molecule has 2 aliphatic heterocycles. The zero-order valence-electron chi connectivity index (χ0n) is 15.0. The molecule has 0 aliphatic carbocycles. The van der Waals surface area contributed by atoms with Crippen molar-refractivity contribution in [2.45, 2.75) is 38.5 Å². The number of hydrogen-bond acceptors (Lipinski definition) is 6. The normalized spacial score (nSPS) is 20.2. The van der Waals surface area contributed by atoms with Gasteiger partial charge in [0, 0.05) is 24.0 Å². The van der Waals surface area contributed by atoms with Gasteiger partial charge in [-0.2, -0.15) is 0 Å². The molecule has 1 aromatic carbocycles. The molecular weight excluding hydrogens is 350 g/mol. The lowest BCUT2D eigenvalue weighted by atomic mass is 9.97. The molecule has 0 spiro atoms. The molecule has 0 unspecified atom stereocenters. The van der Waals surface area contributed by atoms with Gasteiger partial charge in [0.05, 0.1) is 19.3 Å². The highest BCUT2D eigenvalue weighted by Gasteiger charge is 2.28. The van der Waals surface area contributed by atoms with E-state index >= 15 is 0 Å².